The van der Waals surface area contributed by atoms with Crippen LogP contribution in [0.25, 0.3) is 0 Å². The number of carbonyl (C=O) groups excluding carboxylic acids is 3. The van der Waals surface area contributed by atoms with Gasteiger partial charge in [-0.2, -0.15) is 0 Å². The summed E-state index contributed by atoms with van der Waals surface area (Å²) in [5.74, 6) is -1.53. The van der Waals surface area contributed by atoms with Crippen molar-refractivity contribution >= 4 is 23.5 Å². The molecule has 7 nitrogen and oxygen atoms in total. The molecule has 2 aromatic rings. The number of rotatable bonds is 8. The lowest BCUT2D eigenvalue weighted by atomic mass is 10.1. The quantitative estimate of drug-likeness (QED) is 0.682. The maximum atomic E-state index is 12.0. The van der Waals surface area contributed by atoms with E-state index in [1.165, 1.54) is 0 Å². The largest absolute Gasteiger partial charge is 0.452 e. The summed E-state index contributed by atoms with van der Waals surface area (Å²) in [6.07, 6.45) is 0. The predicted octanol–water partition coefficient (Wildman–Crippen LogP) is 2.36. The summed E-state index contributed by atoms with van der Waals surface area (Å²) in [4.78, 5) is 35.7. The maximum absolute atomic E-state index is 12.0. The van der Waals surface area contributed by atoms with Crippen LogP contribution in [0.4, 0.5) is 5.69 Å². The van der Waals surface area contributed by atoms with Crippen molar-refractivity contribution in [2.45, 2.75) is 20.5 Å². The number of benzene rings is 2. The second-order valence-electron chi connectivity index (χ2n) is 6.28. The summed E-state index contributed by atoms with van der Waals surface area (Å²) in [5.41, 5.74) is 3.98. The van der Waals surface area contributed by atoms with Gasteiger partial charge in [-0.1, -0.05) is 24.3 Å². The fraction of sp³-hybridized carbons (Fsp3) is 0.286. The summed E-state index contributed by atoms with van der Waals surface area (Å²) in [7, 11) is 1.59. The Morgan fingerprint density at radius 2 is 1.68 bits per heavy atom. The zero-order valence-electron chi connectivity index (χ0n) is 16.2. The monoisotopic (exact) mass is 384 g/mol. The number of ether oxygens (including phenoxy) is 2. The second-order valence-corrected chi connectivity index (χ2v) is 6.28. The minimum Gasteiger partial charge on any atom is -0.452 e. The zero-order chi connectivity index (χ0) is 20.5. The van der Waals surface area contributed by atoms with E-state index in [4.69, 9.17) is 9.47 Å². The van der Waals surface area contributed by atoms with E-state index >= 15 is 0 Å². The molecule has 2 N–H and O–H groups in total. The molecule has 2 rings (SSSR count). The van der Waals surface area contributed by atoms with Crippen LogP contribution in [0.1, 0.15) is 27.0 Å². The molecule has 7 heteroatoms. The predicted molar refractivity (Wildman–Crippen MR) is 105 cm³/mol. The van der Waals surface area contributed by atoms with Gasteiger partial charge < -0.3 is 20.1 Å². The molecule has 0 aliphatic carbocycles. The molecule has 0 aromatic heterocycles. The molecule has 0 atom stereocenters. The van der Waals surface area contributed by atoms with E-state index in [0.29, 0.717) is 17.9 Å². The molecule has 28 heavy (non-hydrogen) atoms. The number of carbonyl (C=O) groups is 3. The molecular formula is C21H24N2O5. The van der Waals surface area contributed by atoms with Gasteiger partial charge in [-0.05, 0) is 48.7 Å². The smallest absolute Gasteiger partial charge is 0.338 e. The minimum atomic E-state index is -0.612. The summed E-state index contributed by atoms with van der Waals surface area (Å²) in [5, 5.41) is 5.17. The number of hydrogen-bond acceptors (Lipinski definition) is 5. The van der Waals surface area contributed by atoms with E-state index in [2.05, 4.69) is 10.6 Å². The van der Waals surface area contributed by atoms with Crippen molar-refractivity contribution in [2.75, 3.05) is 25.6 Å². The molecule has 148 valence electrons. The fourth-order valence-electron chi connectivity index (χ4n) is 2.43. The first-order chi connectivity index (χ1) is 13.4. The lowest BCUT2D eigenvalue weighted by molar-refractivity contribution is -0.126. The summed E-state index contributed by atoms with van der Waals surface area (Å²) >= 11 is 0. The van der Waals surface area contributed by atoms with E-state index in [9.17, 15) is 14.4 Å². The lowest BCUT2D eigenvalue weighted by Gasteiger charge is -2.11. The molecule has 0 aliphatic rings. The van der Waals surface area contributed by atoms with Crippen molar-refractivity contribution < 1.29 is 23.9 Å². The van der Waals surface area contributed by atoms with Crippen molar-refractivity contribution in [3.05, 3.63) is 64.7 Å². The van der Waals surface area contributed by atoms with E-state index in [1.807, 2.05) is 26.0 Å². The molecular weight excluding hydrogens is 360 g/mol. The highest BCUT2D eigenvalue weighted by atomic mass is 16.5. The van der Waals surface area contributed by atoms with E-state index in [0.717, 1.165) is 16.7 Å². The van der Waals surface area contributed by atoms with Crippen molar-refractivity contribution in [2.24, 2.45) is 0 Å². The molecule has 2 aromatic carbocycles. The van der Waals surface area contributed by atoms with Gasteiger partial charge in [-0.15, -0.1) is 0 Å². The van der Waals surface area contributed by atoms with Crippen LogP contribution in [0.3, 0.4) is 0 Å². The molecule has 0 aliphatic heterocycles. The Hall–Kier alpha value is -3.19. The van der Waals surface area contributed by atoms with Crippen molar-refractivity contribution in [1.29, 1.82) is 0 Å². The van der Waals surface area contributed by atoms with E-state index in [-0.39, 0.29) is 12.5 Å². The average Bonchev–Trinajstić information content (AvgIpc) is 2.69. The Bertz CT molecular complexity index is 846. The molecule has 0 fully saturated rings. The molecule has 0 bridgehead atoms. The van der Waals surface area contributed by atoms with Crippen LogP contribution in [0.2, 0.25) is 0 Å². The van der Waals surface area contributed by atoms with Crippen LogP contribution < -0.4 is 10.6 Å². The number of amides is 2. The number of methoxy groups -OCH3 is 1. The van der Waals surface area contributed by atoms with Gasteiger partial charge in [0.1, 0.15) is 0 Å². The number of nitrogens with one attached hydrogen (secondary N) is 2. The van der Waals surface area contributed by atoms with Gasteiger partial charge in [-0.3, -0.25) is 9.59 Å². The van der Waals surface area contributed by atoms with Gasteiger partial charge in [0.15, 0.2) is 6.61 Å². The molecule has 0 saturated carbocycles. The Labute approximate surface area is 164 Å². The summed E-state index contributed by atoms with van der Waals surface area (Å²) in [6, 6.07) is 12.3. The molecule has 0 unspecified atom stereocenters. The third-order valence-electron chi connectivity index (χ3n) is 4.16. The Morgan fingerprint density at radius 1 is 0.964 bits per heavy atom. The number of esters is 1. The average molecular weight is 384 g/mol. The summed E-state index contributed by atoms with van der Waals surface area (Å²) in [6.45, 7) is 3.63. The van der Waals surface area contributed by atoms with Gasteiger partial charge in [0.25, 0.3) is 5.91 Å². The van der Waals surface area contributed by atoms with Crippen LogP contribution in [-0.2, 0) is 25.7 Å². The fourth-order valence-corrected chi connectivity index (χ4v) is 2.43. The molecule has 0 saturated heterocycles. The SMILES string of the molecule is COCc1ccc(C(=O)OCC(=O)NCC(=O)Nc2cccc(C)c2C)cc1. The van der Waals surface area contributed by atoms with Crippen LogP contribution in [0.5, 0.6) is 0 Å². The Morgan fingerprint density at radius 3 is 2.36 bits per heavy atom. The van der Waals surface area contributed by atoms with Crippen molar-refractivity contribution in [3.63, 3.8) is 0 Å². The first kappa shape index (κ1) is 21.1. The Balaban J connectivity index is 1.75. The molecule has 2 amide bonds. The van der Waals surface area contributed by atoms with Gasteiger partial charge in [0.2, 0.25) is 5.91 Å². The molecule has 0 spiro atoms. The van der Waals surface area contributed by atoms with Crippen LogP contribution in [0.15, 0.2) is 42.5 Å². The van der Waals surface area contributed by atoms with Crippen LogP contribution >= 0.6 is 0 Å². The van der Waals surface area contributed by atoms with Crippen molar-refractivity contribution in [1.82, 2.24) is 5.32 Å². The van der Waals surface area contributed by atoms with Crippen LogP contribution in [0, 0.1) is 13.8 Å². The maximum Gasteiger partial charge on any atom is 0.338 e. The van der Waals surface area contributed by atoms with Gasteiger partial charge >= 0.3 is 5.97 Å². The standard InChI is InChI=1S/C21H24N2O5/c1-14-5-4-6-18(15(14)2)23-19(24)11-22-20(25)13-28-21(26)17-9-7-16(8-10-17)12-27-3/h4-10H,11-13H2,1-3H3,(H,22,25)(H,23,24). The molecule has 0 radical (unpaired) electrons. The topological polar surface area (TPSA) is 93.7 Å². The van der Waals surface area contributed by atoms with Gasteiger partial charge in [-0.25, -0.2) is 4.79 Å². The normalized spacial score (nSPS) is 10.2. The zero-order valence-corrected chi connectivity index (χ0v) is 16.2. The second kappa shape index (κ2) is 10.2. The highest BCUT2D eigenvalue weighted by molar-refractivity contribution is 5.96. The minimum absolute atomic E-state index is 0.213. The first-order valence-electron chi connectivity index (χ1n) is 8.78. The number of aryl methyl sites for hydroxylation is 1. The van der Waals surface area contributed by atoms with E-state index < -0.39 is 18.5 Å². The van der Waals surface area contributed by atoms with Gasteiger partial charge in [0.05, 0.1) is 18.7 Å². The first-order valence-corrected chi connectivity index (χ1v) is 8.78. The number of anilines is 1. The third kappa shape index (κ3) is 6.21. The van der Waals surface area contributed by atoms with Crippen LogP contribution in [-0.4, -0.2) is 38.0 Å². The number of hydrogen-bond donors (Lipinski definition) is 2. The third-order valence-corrected chi connectivity index (χ3v) is 4.16. The highest BCUT2D eigenvalue weighted by Crippen LogP contribution is 2.17. The Kier molecular flexibility index (Phi) is 7.71. The van der Waals surface area contributed by atoms with Gasteiger partial charge in [0, 0.05) is 12.8 Å². The highest BCUT2D eigenvalue weighted by Gasteiger charge is 2.12. The molecule has 0 heterocycles. The lowest BCUT2D eigenvalue weighted by Crippen LogP contribution is -2.35. The summed E-state index contributed by atoms with van der Waals surface area (Å²) < 4.78 is 9.96. The van der Waals surface area contributed by atoms with Crippen molar-refractivity contribution in [3.8, 4) is 0 Å². The van der Waals surface area contributed by atoms with E-state index in [1.54, 1.807) is 37.4 Å².